The van der Waals surface area contributed by atoms with Crippen molar-refractivity contribution in [2.45, 2.75) is 6.54 Å². The molecule has 0 aromatic heterocycles. The summed E-state index contributed by atoms with van der Waals surface area (Å²) in [5.74, 6) is -0.453. The third kappa shape index (κ3) is 3.93. The lowest BCUT2D eigenvalue weighted by Crippen LogP contribution is -2.23. The maximum Gasteiger partial charge on any atom is 0.335 e. The first-order valence-electron chi connectivity index (χ1n) is 6.81. The number of benzene rings is 2. The molecule has 0 saturated heterocycles. The fraction of sp³-hybridized carbons (Fsp3) is 0.176. The number of para-hydroxylation sites is 1. The Balaban J connectivity index is 1.90. The second-order valence-corrected chi connectivity index (χ2v) is 4.73. The molecule has 0 fully saturated rings. The molecule has 0 unspecified atom stereocenters. The normalized spacial score (nSPS) is 10.2. The van der Waals surface area contributed by atoms with Crippen LogP contribution in [0.25, 0.3) is 0 Å². The number of aromatic carboxylic acids is 1. The fourth-order valence-electron chi connectivity index (χ4n) is 2.06. The number of Topliss-reactive ketones (excluding diaryl/α,β-unsaturated/α-hetero) is 1. The maximum absolute atomic E-state index is 12.1. The molecule has 0 aliphatic carbocycles. The molecule has 2 aromatic rings. The number of ketones is 1. The molecule has 2 aromatic carbocycles. The number of ether oxygens (including phenoxy) is 1. The summed E-state index contributed by atoms with van der Waals surface area (Å²) >= 11 is 0. The Morgan fingerprint density at radius 3 is 2.41 bits per heavy atom. The average molecular weight is 299 g/mol. The van der Waals surface area contributed by atoms with Gasteiger partial charge in [-0.3, -0.25) is 4.79 Å². The monoisotopic (exact) mass is 299 g/mol. The third-order valence-electron chi connectivity index (χ3n) is 3.22. The summed E-state index contributed by atoms with van der Waals surface area (Å²) in [4.78, 5) is 22.9. The molecule has 0 bridgehead atoms. The molecule has 0 amide bonds. The highest BCUT2D eigenvalue weighted by molar-refractivity contribution is 6.00. The number of carbonyl (C=O) groups excluding carboxylic acids is 1. The smallest absolute Gasteiger partial charge is 0.335 e. The van der Waals surface area contributed by atoms with E-state index in [0.29, 0.717) is 17.9 Å². The van der Waals surface area contributed by atoms with Gasteiger partial charge in [-0.25, -0.2) is 4.79 Å². The lowest BCUT2D eigenvalue weighted by atomic mass is 10.1. The highest BCUT2D eigenvalue weighted by Gasteiger charge is 2.10. The molecular formula is C17H17NO4. The van der Waals surface area contributed by atoms with Crippen LogP contribution in [0.3, 0.4) is 0 Å². The van der Waals surface area contributed by atoms with Gasteiger partial charge in [0, 0.05) is 6.54 Å². The fourth-order valence-corrected chi connectivity index (χ4v) is 2.06. The highest BCUT2D eigenvalue weighted by atomic mass is 16.5. The van der Waals surface area contributed by atoms with Crippen LogP contribution in [-0.2, 0) is 6.54 Å². The Bertz CT molecular complexity index is 665. The molecule has 22 heavy (non-hydrogen) atoms. The van der Waals surface area contributed by atoms with Crippen LogP contribution in [0, 0.1) is 0 Å². The van der Waals surface area contributed by atoms with E-state index in [-0.39, 0.29) is 17.9 Å². The van der Waals surface area contributed by atoms with Crippen LogP contribution in [0.15, 0.2) is 48.5 Å². The molecule has 0 aliphatic heterocycles. The minimum absolute atomic E-state index is 0.0559. The van der Waals surface area contributed by atoms with Crippen LogP contribution in [0.2, 0.25) is 0 Å². The number of hydrogen-bond acceptors (Lipinski definition) is 4. The molecule has 0 radical (unpaired) electrons. The van der Waals surface area contributed by atoms with Crippen LogP contribution in [0.5, 0.6) is 5.75 Å². The summed E-state index contributed by atoms with van der Waals surface area (Å²) < 4.78 is 5.16. The van der Waals surface area contributed by atoms with E-state index in [1.54, 1.807) is 42.5 Å². The first kappa shape index (κ1) is 15.7. The minimum Gasteiger partial charge on any atom is -0.496 e. The van der Waals surface area contributed by atoms with Crippen LogP contribution < -0.4 is 10.1 Å². The van der Waals surface area contributed by atoms with Gasteiger partial charge in [0.1, 0.15) is 5.75 Å². The molecule has 0 aliphatic rings. The van der Waals surface area contributed by atoms with Crippen molar-refractivity contribution in [3.05, 3.63) is 65.2 Å². The summed E-state index contributed by atoms with van der Waals surface area (Å²) in [6.45, 7) is 0.668. The molecule has 0 saturated carbocycles. The van der Waals surface area contributed by atoms with E-state index in [4.69, 9.17) is 9.84 Å². The van der Waals surface area contributed by atoms with Crippen molar-refractivity contribution in [3.8, 4) is 5.75 Å². The van der Waals surface area contributed by atoms with E-state index < -0.39 is 5.97 Å². The predicted molar refractivity (Wildman–Crippen MR) is 82.4 cm³/mol. The third-order valence-corrected chi connectivity index (χ3v) is 3.22. The zero-order valence-electron chi connectivity index (χ0n) is 12.2. The van der Waals surface area contributed by atoms with Gasteiger partial charge in [-0.2, -0.15) is 0 Å². The Morgan fingerprint density at radius 1 is 1.09 bits per heavy atom. The van der Waals surface area contributed by atoms with Crippen molar-refractivity contribution in [2.24, 2.45) is 0 Å². The van der Waals surface area contributed by atoms with E-state index >= 15 is 0 Å². The molecule has 114 valence electrons. The van der Waals surface area contributed by atoms with Gasteiger partial charge in [0.05, 0.1) is 24.8 Å². The first-order chi connectivity index (χ1) is 10.6. The van der Waals surface area contributed by atoms with E-state index in [1.807, 2.05) is 6.07 Å². The van der Waals surface area contributed by atoms with Gasteiger partial charge < -0.3 is 15.2 Å². The molecule has 0 atom stereocenters. The van der Waals surface area contributed by atoms with Crippen LogP contribution in [-0.4, -0.2) is 30.5 Å². The number of methoxy groups -OCH3 is 1. The molecule has 2 rings (SSSR count). The lowest BCUT2D eigenvalue weighted by molar-refractivity contribution is 0.0696. The first-order valence-corrected chi connectivity index (χ1v) is 6.81. The van der Waals surface area contributed by atoms with Crippen molar-refractivity contribution in [3.63, 3.8) is 0 Å². The van der Waals surface area contributed by atoms with Gasteiger partial charge in [0.2, 0.25) is 0 Å². The molecule has 5 heteroatoms. The number of carbonyl (C=O) groups is 2. The minimum atomic E-state index is -0.953. The Hall–Kier alpha value is -2.66. The summed E-state index contributed by atoms with van der Waals surface area (Å²) in [6, 6.07) is 13.6. The average Bonchev–Trinajstić information content (AvgIpc) is 2.55. The second-order valence-electron chi connectivity index (χ2n) is 4.73. The van der Waals surface area contributed by atoms with E-state index in [2.05, 4.69) is 5.32 Å². The summed E-state index contributed by atoms with van der Waals surface area (Å²) in [5.41, 5.74) is 1.70. The Labute approximate surface area is 128 Å². The van der Waals surface area contributed by atoms with Crippen LogP contribution in [0.1, 0.15) is 26.3 Å². The van der Waals surface area contributed by atoms with Gasteiger partial charge in [-0.05, 0) is 29.8 Å². The topological polar surface area (TPSA) is 75.6 Å². The number of rotatable bonds is 7. The van der Waals surface area contributed by atoms with Crippen LogP contribution in [0.4, 0.5) is 0 Å². The van der Waals surface area contributed by atoms with Gasteiger partial charge in [-0.1, -0.05) is 24.3 Å². The zero-order chi connectivity index (χ0) is 15.9. The quantitative estimate of drug-likeness (QED) is 0.768. The van der Waals surface area contributed by atoms with Crippen LogP contribution >= 0.6 is 0 Å². The maximum atomic E-state index is 12.1. The van der Waals surface area contributed by atoms with Crippen molar-refractivity contribution >= 4 is 11.8 Å². The zero-order valence-corrected chi connectivity index (χ0v) is 12.2. The number of carboxylic acids is 1. The molecule has 0 heterocycles. The van der Waals surface area contributed by atoms with Gasteiger partial charge in [0.15, 0.2) is 5.78 Å². The summed E-state index contributed by atoms with van der Waals surface area (Å²) in [7, 11) is 1.53. The predicted octanol–water partition coefficient (Wildman–Crippen LogP) is 2.37. The summed E-state index contributed by atoms with van der Waals surface area (Å²) in [5, 5.41) is 11.9. The SMILES string of the molecule is COc1ccccc1C(=O)CNCc1ccc(C(=O)O)cc1. The lowest BCUT2D eigenvalue weighted by Gasteiger charge is -2.08. The second kappa shape index (κ2) is 7.38. The van der Waals surface area contributed by atoms with Gasteiger partial charge in [0.25, 0.3) is 0 Å². The van der Waals surface area contributed by atoms with Gasteiger partial charge in [-0.15, -0.1) is 0 Å². The van der Waals surface area contributed by atoms with Gasteiger partial charge >= 0.3 is 5.97 Å². The largest absolute Gasteiger partial charge is 0.496 e. The van der Waals surface area contributed by atoms with Crippen molar-refractivity contribution in [1.29, 1.82) is 0 Å². The number of nitrogens with one attached hydrogen (secondary N) is 1. The molecule has 0 spiro atoms. The Morgan fingerprint density at radius 2 is 1.77 bits per heavy atom. The van der Waals surface area contributed by atoms with E-state index in [9.17, 15) is 9.59 Å². The summed E-state index contributed by atoms with van der Waals surface area (Å²) in [6.07, 6.45) is 0. The van der Waals surface area contributed by atoms with Crippen molar-refractivity contribution < 1.29 is 19.4 Å². The standard InChI is InChI=1S/C17H17NO4/c1-22-16-5-3-2-4-14(16)15(19)11-18-10-12-6-8-13(9-7-12)17(20)21/h2-9,18H,10-11H2,1H3,(H,20,21). The Kier molecular flexibility index (Phi) is 5.27. The number of hydrogen-bond donors (Lipinski definition) is 2. The van der Waals surface area contributed by atoms with Crippen molar-refractivity contribution in [2.75, 3.05) is 13.7 Å². The van der Waals surface area contributed by atoms with Crippen molar-refractivity contribution in [1.82, 2.24) is 5.32 Å². The number of carboxylic acid groups (broad SMARTS) is 1. The molecular weight excluding hydrogens is 282 g/mol. The van der Waals surface area contributed by atoms with E-state index in [1.165, 1.54) is 7.11 Å². The van der Waals surface area contributed by atoms with E-state index in [0.717, 1.165) is 5.56 Å². The highest BCUT2D eigenvalue weighted by Crippen LogP contribution is 2.17. The molecule has 2 N–H and O–H groups in total. The molecule has 5 nitrogen and oxygen atoms in total.